The number of amides is 3. The van der Waals surface area contributed by atoms with Crippen LogP contribution in [0, 0.1) is 0 Å². The minimum Gasteiger partial charge on any atom is -0.497 e. The largest absolute Gasteiger partial charge is 0.497 e. The molecule has 2 saturated heterocycles. The Morgan fingerprint density at radius 3 is 2.62 bits per heavy atom. The van der Waals surface area contributed by atoms with Gasteiger partial charge in [-0.1, -0.05) is 30.3 Å². The van der Waals surface area contributed by atoms with E-state index in [2.05, 4.69) is 22.8 Å². The fourth-order valence-electron chi connectivity index (χ4n) is 5.62. The molecule has 198 valence electrons. The van der Waals surface area contributed by atoms with E-state index in [9.17, 15) is 14.7 Å². The topological polar surface area (TPSA) is 109 Å². The number of ether oxygens (including phenoxy) is 3. The molecule has 5 rings (SSSR count). The predicted octanol–water partition coefficient (Wildman–Crippen LogP) is 2.51. The molecule has 9 nitrogen and oxygen atoms in total. The van der Waals surface area contributed by atoms with Gasteiger partial charge in [-0.3, -0.25) is 4.79 Å². The molecule has 2 fully saturated rings. The summed E-state index contributed by atoms with van der Waals surface area (Å²) in [6, 6.07) is 15.0. The van der Waals surface area contributed by atoms with Gasteiger partial charge in [0.1, 0.15) is 11.9 Å². The molecule has 3 N–H and O–H groups in total. The summed E-state index contributed by atoms with van der Waals surface area (Å²) in [7, 11) is 1.57. The lowest BCUT2D eigenvalue weighted by atomic mass is 9.95. The molecule has 4 atom stereocenters. The Hall–Kier alpha value is -3.14. The van der Waals surface area contributed by atoms with E-state index < -0.39 is 6.10 Å². The lowest BCUT2D eigenvalue weighted by Gasteiger charge is -2.44. The van der Waals surface area contributed by atoms with Gasteiger partial charge in [0.15, 0.2) is 0 Å². The molecule has 0 radical (unpaired) electrons. The zero-order chi connectivity index (χ0) is 25.8. The predicted molar refractivity (Wildman–Crippen MR) is 138 cm³/mol. The van der Waals surface area contributed by atoms with Crippen molar-refractivity contribution in [2.24, 2.45) is 0 Å². The molecule has 0 aromatic heterocycles. The second-order valence-corrected chi connectivity index (χ2v) is 10.1. The molecule has 0 saturated carbocycles. The van der Waals surface area contributed by atoms with E-state index >= 15 is 0 Å². The second kappa shape index (κ2) is 11.5. The third kappa shape index (κ3) is 6.23. The van der Waals surface area contributed by atoms with Crippen molar-refractivity contribution in [3.63, 3.8) is 0 Å². The van der Waals surface area contributed by atoms with E-state index in [1.807, 2.05) is 12.1 Å². The number of fused-ring (bicyclic) bond motifs is 2. The van der Waals surface area contributed by atoms with Gasteiger partial charge >= 0.3 is 6.03 Å². The maximum Gasteiger partial charge on any atom is 0.322 e. The number of methoxy groups -OCH3 is 1. The third-order valence-corrected chi connectivity index (χ3v) is 7.39. The van der Waals surface area contributed by atoms with Crippen LogP contribution in [0.25, 0.3) is 0 Å². The molecule has 2 aromatic rings. The molecule has 37 heavy (non-hydrogen) atoms. The van der Waals surface area contributed by atoms with Gasteiger partial charge in [-0.2, -0.15) is 0 Å². The van der Waals surface area contributed by atoms with Crippen molar-refractivity contribution in [2.45, 2.75) is 62.5 Å². The first kappa shape index (κ1) is 25.5. The Balaban J connectivity index is 1.19. The highest BCUT2D eigenvalue weighted by Crippen LogP contribution is 2.29. The van der Waals surface area contributed by atoms with Crippen LogP contribution < -0.4 is 15.4 Å². The summed E-state index contributed by atoms with van der Waals surface area (Å²) >= 11 is 0. The van der Waals surface area contributed by atoms with Crippen LogP contribution in [-0.4, -0.2) is 79.2 Å². The lowest BCUT2D eigenvalue weighted by Crippen LogP contribution is -2.58. The van der Waals surface area contributed by atoms with E-state index in [-0.39, 0.29) is 62.4 Å². The second-order valence-electron chi connectivity index (χ2n) is 10.1. The summed E-state index contributed by atoms with van der Waals surface area (Å²) in [5.41, 5.74) is 3.20. The average molecular weight is 510 g/mol. The Morgan fingerprint density at radius 2 is 1.86 bits per heavy atom. The molecule has 3 aliphatic rings. The normalized spacial score (nSPS) is 25.8. The molecule has 1 aliphatic carbocycles. The number of anilines is 1. The lowest BCUT2D eigenvalue weighted by molar-refractivity contribution is -0.150. The van der Waals surface area contributed by atoms with Gasteiger partial charge in [-0.15, -0.1) is 0 Å². The van der Waals surface area contributed by atoms with Crippen LogP contribution in [0.5, 0.6) is 5.75 Å². The first-order chi connectivity index (χ1) is 18.0. The number of aliphatic hydroxyl groups excluding tert-OH is 1. The van der Waals surface area contributed by atoms with Crippen molar-refractivity contribution in [1.82, 2.24) is 10.2 Å². The molecule has 0 unspecified atom stereocenters. The number of rotatable bonds is 5. The Kier molecular flexibility index (Phi) is 7.93. The van der Waals surface area contributed by atoms with Gasteiger partial charge in [-0.05, 0) is 48.9 Å². The number of carbonyl (C=O) groups excluding carboxylic acids is 2. The Labute approximate surface area is 217 Å². The summed E-state index contributed by atoms with van der Waals surface area (Å²) in [4.78, 5) is 27.8. The van der Waals surface area contributed by atoms with E-state index in [1.54, 1.807) is 36.3 Å². The van der Waals surface area contributed by atoms with Gasteiger partial charge in [0.25, 0.3) is 0 Å². The average Bonchev–Trinajstić information content (AvgIpc) is 3.28. The number of carbonyl (C=O) groups is 2. The number of nitrogens with one attached hydrogen (secondary N) is 2. The SMILES string of the molecule is COc1cccc(NC(=O)N2C[C@H](O)COC[C@H]3O[C@@H](CC(=O)NC4Cc5ccccc5C4)CC[C@@H]32)c1. The minimum atomic E-state index is -0.795. The Morgan fingerprint density at radius 1 is 1.08 bits per heavy atom. The highest BCUT2D eigenvalue weighted by atomic mass is 16.5. The molecule has 3 amide bonds. The van der Waals surface area contributed by atoms with Gasteiger partial charge in [-0.25, -0.2) is 4.79 Å². The molecule has 0 spiro atoms. The van der Waals surface area contributed by atoms with Crippen molar-refractivity contribution in [1.29, 1.82) is 0 Å². The number of aliphatic hydroxyl groups is 1. The summed E-state index contributed by atoms with van der Waals surface area (Å²) in [6.07, 6.45) is 1.84. The van der Waals surface area contributed by atoms with Crippen molar-refractivity contribution < 1.29 is 28.9 Å². The van der Waals surface area contributed by atoms with Crippen LogP contribution in [0.2, 0.25) is 0 Å². The molecule has 0 bridgehead atoms. The van der Waals surface area contributed by atoms with Crippen LogP contribution in [0.3, 0.4) is 0 Å². The minimum absolute atomic E-state index is 0.0175. The van der Waals surface area contributed by atoms with Crippen molar-refractivity contribution in [2.75, 3.05) is 32.2 Å². The van der Waals surface area contributed by atoms with Crippen LogP contribution >= 0.6 is 0 Å². The van der Waals surface area contributed by atoms with E-state index in [0.717, 1.165) is 12.8 Å². The van der Waals surface area contributed by atoms with Gasteiger partial charge in [0.05, 0.1) is 51.5 Å². The molecular formula is C28H35N3O6. The zero-order valence-electron chi connectivity index (χ0n) is 21.1. The van der Waals surface area contributed by atoms with Crippen LogP contribution in [0.1, 0.15) is 30.4 Å². The number of nitrogens with zero attached hydrogens (tertiary/aromatic N) is 1. The van der Waals surface area contributed by atoms with Crippen LogP contribution in [0.15, 0.2) is 48.5 Å². The monoisotopic (exact) mass is 509 g/mol. The van der Waals surface area contributed by atoms with E-state index in [0.29, 0.717) is 24.3 Å². The van der Waals surface area contributed by atoms with Crippen LogP contribution in [-0.2, 0) is 27.1 Å². The summed E-state index contributed by atoms with van der Waals surface area (Å²) in [5.74, 6) is 0.622. The maximum atomic E-state index is 13.3. The van der Waals surface area contributed by atoms with Gasteiger partial charge in [0.2, 0.25) is 5.91 Å². The van der Waals surface area contributed by atoms with Gasteiger partial charge in [0, 0.05) is 17.8 Å². The van der Waals surface area contributed by atoms with Crippen molar-refractivity contribution >= 4 is 17.6 Å². The highest BCUT2D eigenvalue weighted by molar-refractivity contribution is 5.90. The molecule has 2 heterocycles. The van der Waals surface area contributed by atoms with E-state index in [1.165, 1.54) is 11.1 Å². The fraction of sp³-hybridized carbons (Fsp3) is 0.500. The number of urea groups is 1. The molecular weight excluding hydrogens is 474 g/mol. The van der Waals surface area contributed by atoms with Gasteiger partial charge < -0.3 is 34.9 Å². The number of hydrogen-bond donors (Lipinski definition) is 3. The standard InChI is InChI=1S/C28H35N3O6/c1-35-23-8-4-7-20(13-23)30-28(34)31-15-22(32)16-36-17-26-25(31)10-9-24(37-26)14-27(33)29-21-11-18-5-2-3-6-19(18)12-21/h2-8,13,21-22,24-26,32H,9-12,14-17H2,1H3,(H,29,33)(H,30,34)/t22-,24+,25-,26+/m0/s1. The summed E-state index contributed by atoms with van der Waals surface area (Å²) in [6.45, 7) is 0.497. The Bertz CT molecular complexity index is 1090. The maximum absolute atomic E-state index is 13.3. The van der Waals surface area contributed by atoms with E-state index in [4.69, 9.17) is 14.2 Å². The third-order valence-electron chi connectivity index (χ3n) is 7.39. The first-order valence-corrected chi connectivity index (χ1v) is 13.0. The van der Waals surface area contributed by atoms with Crippen LogP contribution in [0.4, 0.5) is 10.5 Å². The summed E-state index contributed by atoms with van der Waals surface area (Å²) in [5, 5.41) is 16.5. The number of β-amino-alcohol motifs (C(OH)–C–C–N with tert-alkyl or cyclic N) is 1. The smallest absolute Gasteiger partial charge is 0.322 e. The molecule has 9 heteroatoms. The zero-order valence-corrected chi connectivity index (χ0v) is 21.1. The fourth-order valence-corrected chi connectivity index (χ4v) is 5.62. The molecule has 2 aliphatic heterocycles. The number of hydrogen-bond acceptors (Lipinski definition) is 6. The molecule has 2 aromatic carbocycles. The summed E-state index contributed by atoms with van der Waals surface area (Å²) < 4.78 is 17.2. The van der Waals surface area contributed by atoms with Crippen molar-refractivity contribution in [3.05, 3.63) is 59.7 Å². The first-order valence-electron chi connectivity index (χ1n) is 13.0. The van der Waals surface area contributed by atoms with Crippen molar-refractivity contribution in [3.8, 4) is 5.75 Å². The highest BCUT2D eigenvalue weighted by Gasteiger charge is 2.40. The quantitative estimate of drug-likeness (QED) is 0.572. The number of benzene rings is 2.